The predicted octanol–water partition coefficient (Wildman–Crippen LogP) is 1.72. The third kappa shape index (κ3) is 2.08. The Morgan fingerprint density at radius 3 is 2.72 bits per heavy atom. The molecular formula is C11H7IN6. The monoisotopic (exact) mass is 350 g/mol. The zero-order valence-corrected chi connectivity index (χ0v) is 11.3. The minimum atomic E-state index is 0.574. The number of aromatic nitrogens is 6. The van der Waals surface area contributed by atoms with Gasteiger partial charge in [0.25, 0.3) is 0 Å². The highest BCUT2D eigenvalue weighted by Gasteiger charge is 2.10. The van der Waals surface area contributed by atoms with E-state index in [9.17, 15) is 0 Å². The lowest BCUT2D eigenvalue weighted by Crippen LogP contribution is -2.04. The summed E-state index contributed by atoms with van der Waals surface area (Å²) in [7, 11) is 0. The second-order valence-electron chi connectivity index (χ2n) is 3.46. The summed E-state index contributed by atoms with van der Waals surface area (Å²) in [6.45, 7) is 0. The molecule has 6 nitrogen and oxygen atoms in total. The van der Waals surface area contributed by atoms with E-state index in [-0.39, 0.29) is 0 Å². The van der Waals surface area contributed by atoms with E-state index in [2.05, 4.69) is 48.0 Å². The van der Waals surface area contributed by atoms with Gasteiger partial charge in [-0.3, -0.25) is 0 Å². The molecule has 7 heteroatoms. The summed E-state index contributed by atoms with van der Waals surface area (Å²) < 4.78 is 0.868. The first-order valence-electron chi connectivity index (χ1n) is 5.16. The standard InChI is InChI=1S/C11H7IN6/c12-9-6-13-7-14-11(9)18-16-10(15-17-18)8-4-2-1-3-5-8/h1-7H. The molecule has 88 valence electrons. The van der Waals surface area contributed by atoms with E-state index in [0.717, 1.165) is 9.13 Å². The van der Waals surface area contributed by atoms with Crippen LogP contribution in [0.2, 0.25) is 0 Å². The van der Waals surface area contributed by atoms with Crippen LogP contribution in [-0.2, 0) is 0 Å². The third-order valence-corrected chi connectivity index (χ3v) is 3.04. The van der Waals surface area contributed by atoms with Crippen LogP contribution in [0.5, 0.6) is 0 Å². The molecule has 0 fully saturated rings. The summed E-state index contributed by atoms with van der Waals surface area (Å²) in [6, 6.07) is 9.69. The molecule has 0 spiro atoms. The maximum absolute atomic E-state index is 4.31. The average Bonchev–Trinajstić information content (AvgIpc) is 2.90. The summed E-state index contributed by atoms with van der Waals surface area (Å²) >= 11 is 2.13. The topological polar surface area (TPSA) is 69.4 Å². The van der Waals surface area contributed by atoms with Gasteiger partial charge in [0.2, 0.25) is 5.82 Å². The molecule has 2 heterocycles. The van der Waals surface area contributed by atoms with Crippen molar-refractivity contribution in [2.24, 2.45) is 0 Å². The first kappa shape index (κ1) is 11.2. The highest BCUT2D eigenvalue weighted by atomic mass is 127. The number of nitrogens with zero attached hydrogens (tertiary/aromatic N) is 6. The van der Waals surface area contributed by atoms with Gasteiger partial charge >= 0.3 is 0 Å². The number of tetrazole rings is 1. The number of hydrogen-bond donors (Lipinski definition) is 0. The van der Waals surface area contributed by atoms with E-state index in [1.165, 1.54) is 11.1 Å². The summed E-state index contributed by atoms with van der Waals surface area (Å²) in [5.41, 5.74) is 0.924. The van der Waals surface area contributed by atoms with E-state index < -0.39 is 0 Å². The molecule has 18 heavy (non-hydrogen) atoms. The van der Waals surface area contributed by atoms with Crippen LogP contribution in [0.25, 0.3) is 17.2 Å². The molecule has 0 amide bonds. The Balaban J connectivity index is 2.03. The molecule has 0 aliphatic heterocycles. The number of benzene rings is 1. The largest absolute Gasteiger partial charge is 0.244 e. The SMILES string of the molecule is Ic1cncnc1-n1nnc(-c2ccccc2)n1. The molecule has 0 N–H and O–H groups in total. The van der Waals surface area contributed by atoms with E-state index >= 15 is 0 Å². The average molecular weight is 350 g/mol. The third-order valence-electron chi connectivity index (χ3n) is 2.28. The van der Waals surface area contributed by atoms with Gasteiger partial charge in [0, 0.05) is 11.8 Å². The van der Waals surface area contributed by atoms with Crippen LogP contribution < -0.4 is 0 Å². The summed E-state index contributed by atoms with van der Waals surface area (Å²) in [5, 5.41) is 12.3. The van der Waals surface area contributed by atoms with Crippen molar-refractivity contribution in [1.82, 2.24) is 30.2 Å². The highest BCUT2D eigenvalue weighted by molar-refractivity contribution is 14.1. The maximum Gasteiger partial charge on any atom is 0.205 e. The molecule has 1 aromatic carbocycles. The fourth-order valence-electron chi connectivity index (χ4n) is 1.46. The van der Waals surface area contributed by atoms with Gasteiger partial charge in [0.05, 0.1) is 3.57 Å². The van der Waals surface area contributed by atoms with Gasteiger partial charge in [-0.05, 0) is 27.8 Å². The Hall–Kier alpha value is -1.90. The normalized spacial score (nSPS) is 10.5. The van der Waals surface area contributed by atoms with Crippen molar-refractivity contribution in [2.75, 3.05) is 0 Å². The molecule has 3 aromatic rings. The predicted molar refractivity (Wildman–Crippen MR) is 72.9 cm³/mol. The number of hydrogen-bond acceptors (Lipinski definition) is 5. The minimum Gasteiger partial charge on any atom is -0.244 e. The van der Waals surface area contributed by atoms with E-state index in [4.69, 9.17) is 0 Å². The molecule has 0 aliphatic rings. The Kier molecular flexibility index (Phi) is 2.97. The Labute approximate surface area is 116 Å². The van der Waals surface area contributed by atoms with E-state index in [1.54, 1.807) is 6.20 Å². The second kappa shape index (κ2) is 4.77. The smallest absolute Gasteiger partial charge is 0.205 e. The van der Waals surface area contributed by atoms with Crippen LogP contribution in [0, 0.1) is 3.57 Å². The van der Waals surface area contributed by atoms with Crippen molar-refractivity contribution in [2.45, 2.75) is 0 Å². The van der Waals surface area contributed by atoms with Crippen LogP contribution >= 0.6 is 22.6 Å². The molecule has 0 saturated carbocycles. The van der Waals surface area contributed by atoms with Gasteiger partial charge in [-0.15, -0.1) is 15.0 Å². The Morgan fingerprint density at radius 1 is 1.11 bits per heavy atom. The van der Waals surface area contributed by atoms with Crippen LogP contribution in [0.1, 0.15) is 0 Å². The fraction of sp³-hybridized carbons (Fsp3) is 0. The van der Waals surface area contributed by atoms with Crippen LogP contribution in [-0.4, -0.2) is 30.2 Å². The molecule has 0 radical (unpaired) electrons. The van der Waals surface area contributed by atoms with Gasteiger partial charge in [-0.2, -0.15) is 0 Å². The van der Waals surface area contributed by atoms with E-state index in [1.807, 2.05) is 30.3 Å². The zero-order valence-electron chi connectivity index (χ0n) is 9.10. The summed E-state index contributed by atoms with van der Waals surface area (Å²) in [5.74, 6) is 1.20. The Bertz CT molecular complexity index is 666. The van der Waals surface area contributed by atoms with Gasteiger partial charge in [-0.1, -0.05) is 30.3 Å². The minimum absolute atomic E-state index is 0.574. The second-order valence-corrected chi connectivity index (χ2v) is 4.62. The molecule has 0 unspecified atom stereocenters. The number of halogens is 1. The van der Waals surface area contributed by atoms with Gasteiger partial charge in [0.1, 0.15) is 6.33 Å². The summed E-state index contributed by atoms with van der Waals surface area (Å²) in [6.07, 6.45) is 3.16. The van der Waals surface area contributed by atoms with Gasteiger partial charge in [0.15, 0.2) is 5.82 Å². The highest BCUT2D eigenvalue weighted by Crippen LogP contribution is 2.15. The molecule has 2 aromatic heterocycles. The first-order chi connectivity index (χ1) is 8.84. The van der Waals surface area contributed by atoms with Crippen LogP contribution in [0.3, 0.4) is 0 Å². The number of rotatable bonds is 2. The Morgan fingerprint density at radius 2 is 1.94 bits per heavy atom. The van der Waals surface area contributed by atoms with Crippen LogP contribution in [0.4, 0.5) is 0 Å². The van der Waals surface area contributed by atoms with Crippen molar-refractivity contribution >= 4 is 22.6 Å². The first-order valence-corrected chi connectivity index (χ1v) is 6.24. The lowest BCUT2D eigenvalue weighted by molar-refractivity contribution is 0.694. The molecule has 0 saturated heterocycles. The lowest BCUT2D eigenvalue weighted by atomic mass is 10.2. The van der Waals surface area contributed by atoms with Crippen molar-refractivity contribution in [3.05, 3.63) is 46.4 Å². The molecule has 0 aliphatic carbocycles. The van der Waals surface area contributed by atoms with Crippen molar-refractivity contribution in [3.63, 3.8) is 0 Å². The van der Waals surface area contributed by atoms with Crippen molar-refractivity contribution < 1.29 is 0 Å². The van der Waals surface area contributed by atoms with Gasteiger partial charge < -0.3 is 0 Å². The van der Waals surface area contributed by atoms with Crippen molar-refractivity contribution in [3.8, 4) is 17.2 Å². The lowest BCUT2D eigenvalue weighted by Gasteiger charge is -1.98. The quantitative estimate of drug-likeness (QED) is 0.659. The molecule has 3 rings (SSSR count). The van der Waals surface area contributed by atoms with Gasteiger partial charge in [-0.25, -0.2) is 9.97 Å². The molecule has 0 atom stereocenters. The fourth-order valence-corrected chi connectivity index (χ4v) is 1.98. The molecule has 0 bridgehead atoms. The maximum atomic E-state index is 4.31. The van der Waals surface area contributed by atoms with Crippen molar-refractivity contribution in [1.29, 1.82) is 0 Å². The zero-order chi connectivity index (χ0) is 12.4. The summed E-state index contributed by atoms with van der Waals surface area (Å²) in [4.78, 5) is 9.47. The molecular weight excluding hydrogens is 343 g/mol. The van der Waals surface area contributed by atoms with E-state index in [0.29, 0.717) is 11.6 Å². The van der Waals surface area contributed by atoms with Crippen LogP contribution in [0.15, 0.2) is 42.9 Å².